The second-order valence-electron chi connectivity index (χ2n) is 5.78. The third-order valence-corrected chi connectivity index (χ3v) is 4.92. The van der Waals surface area contributed by atoms with Crippen molar-refractivity contribution in [1.82, 2.24) is 0 Å². The van der Waals surface area contributed by atoms with E-state index in [4.69, 9.17) is 4.42 Å². The summed E-state index contributed by atoms with van der Waals surface area (Å²) in [7, 11) is 0. The molecule has 128 valence electrons. The molecule has 2 heterocycles. The Morgan fingerprint density at radius 1 is 1.04 bits per heavy atom. The highest BCUT2D eigenvalue weighted by Crippen LogP contribution is 2.35. The molecule has 4 rings (SSSR count). The molecule has 0 atom stereocenters. The number of hydrogen-bond donors (Lipinski definition) is 1. The lowest BCUT2D eigenvalue weighted by Gasteiger charge is -2.03. The van der Waals surface area contributed by atoms with E-state index in [1.165, 1.54) is 6.26 Å². The molecule has 3 aromatic rings. The van der Waals surface area contributed by atoms with Crippen LogP contribution in [0.1, 0.15) is 27.2 Å². The Balaban J connectivity index is 1.78. The smallest absolute Gasteiger partial charge is 0.256 e. The van der Waals surface area contributed by atoms with E-state index in [1.54, 1.807) is 36.4 Å². The number of rotatable bonds is 3. The maximum Gasteiger partial charge on any atom is 0.256 e. The van der Waals surface area contributed by atoms with Gasteiger partial charge in [-0.05, 0) is 60.2 Å². The van der Waals surface area contributed by atoms with E-state index in [-0.39, 0.29) is 17.5 Å². The Morgan fingerprint density at radius 2 is 1.81 bits per heavy atom. The van der Waals surface area contributed by atoms with E-state index in [0.717, 1.165) is 14.5 Å². The summed E-state index contributed by atoms with van der Waals surface area (Å²) in [5, 5.41) is 2.83. The molecule has 2 aromatic carbocycles. The second-order valence-corrected chi connectivity index (χ2v) is 7.61. The molecule has 26 heavy (non-hydrogen) atoms. The average Bonchev–Trinajstić information content (AvgIpc) is 3.22. The topological polar surface area (TPSA) is 59.3 Å². The number of hydrogen-bond acceptors (Lipinski definition) is 3. The molecule has 0 saturated carbocycles. The predicted molar refractivity (Wildman–Crippen MR) is 107 cm³/mol. The number of halogens is 2. The van der Waals surface area contributed by atoms with Crippen LogP contribution in [0.2, 0.25) is 0 Å². The van der Waals surface area contributed by atoms with Gasteiger partial charge in [-0.25, -0.2) is 0 Å². The van der Waals surface area contributed by atoms with Crippen LogP contribution in [0, 0.1) is 0 Å². The van der Waals surface area contributed by atoms with Crippen molar-refractivity contribution < 1.29 is 14.0 Å². The first-order valence-corrected chi connectivity index (χ1v) is 9.31. The molecule has 1 aliphatic heterocycles. The second kappa shape index (κ2) is 6.70. The van der Waals surface area contributed by atoms with Gasteiger partial charge < -0.3 is 9.73 Å². The first kappa shape index (κ1) is 17.0. The van der Waals surface area contributed by atoms with E-state index in [2.05, 4.69) is 37.2 Å². The van der Waals surface area contributed by atoms with E-state index < -0.39 is 0 Å². The van der Waals surface area contributed by atoms with Gasteiger partial charge in [0.15, 0.2) is 5.76 Å². The number of amides is 1. The minimum absolute atomic E-state index is 0.196. The van der Waals surface area contributed by atoms with Crippen molar-refractivity contribution in [3.63, 3.8) is 0 Å². The highest BCUT2D eigenvalue weighted by Gasteiger charge is 2.26. The van der Waals surface area contributed by atoms with Crippen molar-refractivity contribution in [1.29, 1.82) is 0 Å². The Labute approximate surface area is 166 Å². The lowest BCUT2D eigenvalue weighted by molar-refractivity contribution is -0.110. The van der Waals surface area contributed by atoms with Crippen LogP contribution in [0.15, 0.2) is 68.2 Å². The van der Waals surface area contributed by atoms with Gasteiger partial charge >= 0.3 is 0 Å². The lowest BCUT2D eigenvalue weighted by Crippen LogP contribution is -2.03. The number of ketones is 1. The van der Waals surface area contributed by atoms with Gasteiger partial charge in [0.2, 0.25) is 5.78 Å². The molecule has 4 nitrogen and oxygen atoms in total. The van der Waals surface area contributed by atoms with Gasteiger partial charge in [-0.1, -0.05) is 31.9 Å². The maximum atomic E-state index is 12.5. The van der Waals surface area contributed by atoms with Crippen LogP contribution in [0.5, 0.6) is 0 Å². The summed E-state index contributed by atoms with van der Waals surface area (Å²) in [5.41, 5.74) is 3.23. The van der Waals surface area contributed by atoms with E-state index in [0.29, 0.717) is 22.4 Å². The molecule has 1 N–H and O–H groups in total. The van der Waals surface area contributed by atoms with Gasteiger partial charge in [-0.3, -0.25) is 9.59 Å². The quantitative estimate of drug-likeness (QED) is 0.402. The van der Waals surface area contributed by atoms with Gasteiger partial charge in [0.1, 0.15) is 0 Å². The normalized spacial score (nSPS) is 14.4. The molecule has 0 bridgehead atoms. The zero-order valence-corrected chi connectivity index (χ0v) is 16.4. The molecule has 6 heteroatoms. The van der Waals surface area contributed by atoms with Crippen molar-refractivity contribution in [2.75, 3.05) is 5.32 Å². The zero-order valence-electron chi connectivity index (χ0n) is 13.3. The standard InChI is InChI=1S/C20H11Br2NO3/c21-13-6-11(7-14(22)10-13)8-16-15-9-12(3-4-17(15)23-20(16)25)19(24)18-2-1-5-26-18/h1-10H,(H,23,25)/b16-8-. The Hall–Kier alpha value is -2.44. The molecule has 1 aliphatic rings. The molecule has 0 aliphatic carbocycles. The van der Waals surface area contributed by atoms with Gasteiger partial charge in [0.25, 0.3) is 5.91 Å². The van der Waals surface area contributed by atoms with Crippen LogP contribution in [-0.2, 0) is 4.79 Å². The van der Waals surface area contributed by atoms with Crippen LogP contribution in [-0.4, -0.2) is 11.7 Å². The monoisotopic (exact) mass is 471 g/mol. The van der Waals surface area contributed by atoms with Crippen molar-refractivity contribution >= 4 is 60.9 Å². The van der Waals surface area contributed by atoms with Crippen molar-refractivity contribution in [3.05, 3.63) is 86.2 Å². The van der Waals surface area contributed by atoms with Gasteiger partial charge in [0, 0.05) is 31.3 Å². The molecule has 0 unspecified atom stereocenters. The predicted octanol–water partition coefficient (Wildman–Crippen LogP) is 5.53. The van der Waals surface area contributed by atoms with Crippen LogP contribution < -0.4 is 5.32 Å². The van der Waals surface area contributed by atoms with Crippen molar-refractivity contribution in [2.24, 2.45) is 0 Å². The highest BCUT2D eigenvalue weighted by molar-refractivity contribution is 9.11. The van der Waals surface area contributed by atoms with Gasteiger partial charge in [-0.2, -0.15) is 0 Å². The summed E-state index contributed by atoms with van der Waals surface area (Å²) in [4.78, 5) is 24.9. The number of carbonyl (C=O) groups excluding carboxylic acids is 2. The number of furan rings is 1. The first-order valence-electron chi connectivity index (χ1n) is 7.73. The summed E-state index contributed by atoms with van der Waals surface area (Å²) in [6.45, 7) is 0. The number of carbonyl (C=O) groups is 2. The summed E-state index contributed by atoms with van der Waals surface area (Å²) in [6.07, 6.45) is 3.26. The largest absolute Gasteiger partial charge is 0.461 e. The van der Waals surface area contributed by atoms with Gasteiger partial charge in [-0.15, -0.1) is 0 Å². The number of anilines is 1. The molecule has 0 spiro atoms. The molecule has 0 radical (unpaired) electrons. The van der Waals surface area contributed by atoms with Crippen molar-refractivity contribution in [3.8, 4) is 0 Å². The van der Waals surface area contributed by atoms with Crippen molar-refractivity contribution in [2.45, 2.75) is 0 Å². The minimum Gasteiger partial charge on any atom is -0.461 e. The summed E-state index contributed by atoms with van der Waals surface area (Å²) < 4.78 is 6.99. The molecular formula is C20H11Br2NO3. The maximum absolute atomic E-state index is 12.5. The molecule has 1 amide bonds. The van der Waals surface area contributed by atoms with E-state index in [1.807, 2.05) is 18.2 Å². The fourth-order valence-corrected chi connectivity index (χ4v) is 4.18. The lowest BCUT2D eigenvalue weighted by atomic mass is 9.99. The van der Waals surface area contributed by atoms with Gasteiger partial charge in [0.05, 0.1) is 6.26 Å². The van der Waals surface area contributed by atoms with Crippen LogP contribution >= 0.6 is 31.9 Å². The Morgan fingerprint density at radius 3 is 2.50 bits per heavy atom. The van der Waals surface area contributed by atoms with Crippen LogP contribution in [0.4, 0.5) is 5.69 Å². The summed E-state index contributed by atoms with van der Waals surface area (Å²) >= 11 is 6.89. The Kier molecular flexibility index (Phi) is 4.38. The minimum atomic E-state index is -0.221. The summed E-state index contributed by atoms with van der Waals surface area (Å²) in [6, 6.07) is 14.2. The van der Waals surface area contributed by atoms with E-state index >= 15 is 0 Å². The average molecular weight is 473 g/mol. The first-order chi connectivity index (χ1) is 12.5. The molecular weight excluding hydrogens is 462 g/mol. The number of fused-ring (bicyclic) bond motifs is 1. The number of benzene rings is 2. The number of nitrogens with one attached hydrogen (secondary N) is 1. The fourth-order valence-electron chi connectivity index (χ4n) is 2.85. The molecule has 1 aromatic heterocycles. The third-order valence-electron chi connectivity index (χ3n) is 4.01. The zero-order chi connectivity index (χ0) is 18.3. The van der Waals surface area contributed by atoms with Crippen LogP contribution in [0.25, 0.3) is 11.6 Å². The third kappa shape index (κ3) is 3.18. The van der Waals surface area contributed by atoms with Crippen LogP contribution in [0.3, 0.4) is 0 Å². The highest BCUT2D eigenvalue weighted by atomic mass is 79.9. The molecule has 0 fully saturated rings. The summed E-state index contributed by atoms with van der Waals surface area (Å²) in [5.74, 6) is -0.149. The van der Waals surface area contributed by atoms with E-state index in [9.17, 15) is 9.59 Å². The Bertz CT molecular complexity index is 1050. The fraction of sp³-hybridized carbons (Fsp3) is 0. The SMILES string of the molecule is O=C1Nc2ccc(C(=O)c3ccco3)cc2/C1=C/c1cc(Br)cc(Br)c1. The molecule has 0 saturated heterocycles.